The summed E-state index contributed by atoms with van der Waals surface area (Å²) in [4.78, 5) is 25.7. The van der Waals surface area contributed by atoms with E-state index in [1.54, 1.807) is 4.90 Å². The number of carbonyl (C=O) groups excluding carboxylic acids is 2. The molecule has 1 aliphatic carbocycles. The number of amides is 2. The lowest BCUT2D eigenvalue weighted by Crippen LogP contribution is -2.38. The maximum Gasteiger partial charge on any atom is 0.233 e. The average molecular weight is 293 g/mol. The molecule has 2 fully saturated rings. The largest absolute Gasteiger partial charge is 0.369 e. The third kappa shape index (κ3) is 2.18. The van der Waals surface area contributed by atoms with E-state index in [1.165, 1.54) is 0 Å². The molecule has 0 bridgehead atoms. The summed E-state index contributed by atoms with van der Waals surface area (Å²) in [6.45, 7) is 1.09. The molecular formula is C15H17ClN2O2. The first-order valence-corrected chi connectivity index (χ1v) is 7.25. The summed E-state index contributed by atoms with van der Waals surface area (Å²) in [6, 6.07) is 7.49. The SMILES string of the molecule is NC(=O)[C@@H]1CCN(C(=O)C2(c3ccc(Cl)cc3)CC2)C1. The fraction of sp³-hybridized carbons (Fsp3) is 0.467. The van der Waals surface area contributed by atoms with Gasteiger partial charge in [-0.1, -0.05) is 23.7 Å². The number of rotatable bonds is 3. The molecular weight excluding hydrogens is 276 g/mol. The molecule has 1 atom stereocenters. The van der Waals surface area contributed by atoms with Gasteiger partial charge in [0.05, 0.1) is 11.3 Å². The molecule has 1 aromatic carbocycles. The minimum Gasteiger partial charge on any atom is -0.369 e. The molecule has 20 heavy (non-hydrogen) atoms. The topological polar surface area (TPSA) is 63.4 Å². The first kappa shape index (κ1) is 13.4. The second-order valence-corrected chi connectivity index (χ2v) is 6.16. The number of nitrogens with zero attached hydrogens (tertiary/aromatic N) is 1. The van der Waals surface area contributed by atoms with Crippen molar-refractivity contribution in [3.8, 4) is 0 Å². The summed E-state index contributed by atoms with van der Waals surface area (Å²) in [7, 11) is 0. The molecule has 1 saturated carbocycles. The standard InChI is InChI=1S/C15H17ClN2O2/c16-12-3-1-11(2-4-12)15(6-7-15)14(20)18-8-5-10(9-18)13(17)19/h1-4,10H,5-9H2,(H2,17,19)/t10-/m1/s1. The average Bonchev–Trinajstić information content (AvgIpc) is 3.08. The molecule has 1 heterocycles. The monoisotopic (exact) mass is 292 g/mol. The van der Waals surface area contributed by atoms with Gasteiger partial charge in [0.1, 0.15) is 0 Å². The zero-order valence-corrected chi connectivity index (χ0v) is 11.9. The third-order valence-electron chi connectivity index (χ3n) is 4.43. The van der Waals surface area contributed by atoms with Crippen molar-refractivity contribution in [3.63, 3.8) is 0 Å². The number of carbonyl (C=O) groups is 2. The van der Waals surface area contributed by atoms with Crippen molar-refractivity contribution in [3.05, 3.63) is 34.9 Å². The van der Waals surface area contributed by atoms with Crippen molar-refractivity contribution in [1.82, 2.24) is 4.90 Å². The van der Waals surface area contributed by atoms with Crippen molar-refractivity contribution in [2.24, 2.45) is 11.7 Å². The van der Waals surface area contributed by atoms with Crippen LogP contribution in [0.5, 0.6) is 0 Å². The van der Waals surface area contributed by atoms with Crippen molar-refractivity contribution in [2.75, 3.05) is 13.1 Å². The highest BCUT2D eigenvalue weighted by molar-refractivity contribution is 6.30. The fourth-order valence-corrected chi connectivity index (χ4v) is 3.13. The van der Waals surface area contributed by atoms with E-state index >= 15 is 0 Å². The fourth-order valence-electron chi connectivity index (χ4n) is 3.00. The molecule has 3 rings (SSSR count). The molecule has 0 unspecified atom stereocenters. The lowest BCUT2D eigenvalue weighted by atomic mass is 9.94. The number of likely N-dealkylation sites (tertiary alicyclic amines) is 1. The van der Waals surface area contributed by atoms with Gasteiger partial charge >= 0.3 is 0 Å². The van der Waals surface area contributed by atoms with Gasteiger partial charge in [0.15, 0.2) is 0 Å². The van der Waals surface area contributed by atoms with Crippen LogP contribution in [0.25, 0.3) is 0 Å². The Hall–Kier alpha value is -1.55. The quantitative estimate of drug-likeness (QED) is 0.922. The summed E-state index contributed by atoms with van der Waals surface area (Å²) >= 11 is 5.90. The Balaban J connectivity index is 1.77. The first-order valence-electron chi connectivity index (χ1n) is 6.88. The van der Waals surface area contributed by atoms with Gasteiger partial charge in [-0.15, -0.1) is 0 Å². The van der Waals surface area contributed by atoms with Crippen molar-refractivity contribution < 1.29 is 9.59 Å². The summed E-state index contributed by atoms with van der Waals surface area (Å²) in [5.74, 6) is -0.375. The van der Waals surface area contributed by atoms with E-state index in [4.69, 9.17) is 17.3 Å². The van der Waals surface area contributed by atoms with Crippen LogP contribution in [0.1, 0.15) is 24.8 Å². The molecule has 0 spiro atoms. The molecule has 1 saturated heterocycles. The van der Waals surface area contributed by atoms with Gasteiger partial charge < -0.3 is 10.6 Å². The first-order chi connectivity index (χ1) is 9.53. The molecule has 2 aliphatic rings. The summed E-state index contributed by atoms with van der Waals surface area (Å²) in [6.07, 6.45) is 2.41. The third-order valence-corrected chi connectivity index (χ3v) is 4.69. The Labute approximate surface area is 122 Å². The molecule has 4 nitrogen and oxygen atoms in total. The van der Waals surface area contributed by atoms with Gasteiger partial charge in [0.25, 0.3) is 0 Å². The Bertz CT molecular complexity index is 551. The van der Waals surface area contributed by atoms with Crippen molar-refractivity contribution in [2.45, 2.75) is 24.7 Å². The van der Waals surface area contributed by atoms with E-state index in [1.807, 2.05) is 24.3 Å². The van der Waals surface area contributed by atoms with Gasteiger partial charge in [-0.3, -0.25) is 9.59 Å². The highest BCUT2D eigenvalue weighted by Gasteiger charge is 2.53. The Morgan fingerprint density at radius 3 is 2.40 bits per heavy atom. The zero-order chi connectivity index (χ0) is 14.3. The van der Waals surface area contributed by atoms with E-state index in [0.717, 1.165) is 18.4 Å². The summed E-state index contributed by atoms with van der Waals surface area (Å²) < 4.78 is 0. The smallest absolute Gasteiger partial charge is 0.233 e. The van der Waals surface area contributed by atoms with Gasteiger partial charge in [0, 0.05) is 18.1 Å². The highest BCUT2D eigenvalue weighted by Crippen LogP contribution is 2.50. The van der Waals surface area contributed by atoms with E-state index in [0.29, 0.717) is 24.5 Å². The minimum atomic E-state index is -0.392. The van der Waals surface area contributed by atoms with Crippen LogP contribution in [-0.2, 0) is 15.0 Å². The van der Waals surface area contributed by atoms with Crippen LogP contribution < -0.4 is 5.73 Å². The summed E-state index contributed by atoms with van der Waals surface area (Å²) in [5.41, 5.74) is 5.95. The molecule has 0 radical (unpaired) electrons. The molecule has 0 aromatic heterocycles. The van der Waals surface area contributed by atoms with E-state index in [9.17, 15) is 9.59 Å². The van der Waals surface area contributed by atoms with Crippen molar-refractivity contribution >= 4 is 23.4 Å². The van der Waals surface area contributed by atoms with Gasteiger partial charge in [0.2, 0.25) is 11.8 Å². The zero-order valence-electron chi connectivity index (χ0n) is 11.1. The molecule has 106 valence electrons. The molecule has 1 aliphatic heterocycles. The molecule has 5 heteroatoms. The second kappa shape index (κ2) is 4.77. The van der Waals surface area contributed by atoms with Gasteiger partial charge in [-0.2, -0.15) is 0 Å². The molecule has 2 amide bonds. The number of nitrogens with two attached hydrogens (primary N) is 1. The number of hydrogen-bond donors (Lipinski definition) is 1. The molecule has 1 aromatic rings. The Kier molecular flexibility index (Phi) is 3.21. The normalized spacial score (nSPS) is 23.6. The van der Waals surface area contributed by atoms with Crippen LogP contribution in [0, 0.1) is 5.92 Å². The van der Waals surface area contributed by atoms with Crippen LogP contribution in [0.4, 0.5) is 0 Å². The Morgan fingerprint density at radius 2 is 1.90 bits per heavy atom. The minimum absolute atomic E-state index is 0.128. The van der Waals surface area contributed by atoms with Crippen LogP contribution in [0.3, 0.4) is 0 Å². The van der Waals surface area contributed by atoms with Crippen LogP contribution in [0.15, 0.2) is 24.3 Å². The van der Waals surface area contributed by atoms with E-state index < -0.39 is 5.41 Å². The van der Waals surface area contributed by atoms with E-state index in [2.05, 4.69) is 0 Å². The Morgan fingerprint density at radius 1 is 1.25 bits per heavy atom. The highest BCUT2D eigenvalue weighted by atomic mass is 35.5. The lowest BCUT2D eigenvalue weighted by Gasteiger charge is -2.23. The number of benzene rings is 1. The predicted octanol–water partition coefficient (Wildman–Crippen LogP) is 1.71. The second-order valence-electron chi connectivity index (χ2n) is 5.73. The van der Waals surface area contributed by atoms with Crippen LogP contribution in [0.2, 0.25) is 5.02 Å². The number of hydrogen-bond acceptors (Lipinski definition) is 2. The van der Waals surface area contributed by atoms with Gasteiger partial charge in [-0.05, 0) is 37.0 Å². The number of halogens is 1. The maximum absolute atomic E-state index is 12.7. The lowest BCUT2D eigenvalue weighted by molar-refractivity contribution is -0.133. The van der Waals surface area contributed by atoms with Crippen LogP contribution in [-0.4, -0.2) is 29.8 Å². The predicted molar refractivity (Wildman–Crippen MR) is 76.2 cm³/mol. The van der Waals surface area contributed by atoms with Crippen molar-refractivity contribution in [1.29, 1.82) is 0 Å². The summed E-state index contributed by atoms with van der Waals surface area (Å²) in [5, 5.41) is 0.673. The van der Waals surface area contributed by atoms with Gasteiger partial charge in [-0.25, -0.2) is 0 Å². The van der Waals surface area contributed by atoms with Crippen LogP contribution >= 0.6 is 11.6 Å². The maximum atomic E-state index is 12.7. The molecule has 2 N–H and O–H groups in total. The number of primary amides is 1. The van der Waals surface area contributed by atoms with E-state index in [-0.39, 0.29) is 17.7 Å².